The molecule has 1 aliphatic heterocycles. The first kappa shape index (κ1) is 20.2. The minimum Gasteiger partial charge on any atom is -0.468 e. The Labute approximate surface area is 162 Å². The van der Waals surface area contributed by atoms with Crippen molar-refractivity contribution in [3.8, 4) is 0 Å². The van der Waals surface area contributed by atoms with Gasteiger partial charge in [-0.05, 0) is 63.7 Å². The number of guanidine groups is 1. The highest BCUT2D eigenvalue weighted by Crippen LogP contribution is 2.28. The number of nitrogens with one attached hydrogen (secondary N) is 2. The van der Waals surface area contributed by atoms with Crippen LogP contribution in [0, 0.1) is 5.92 Å². The number of aliphatic imine (C=N–C) groups is 1. The van der Waals surface area contributed by atoms with Crippen LogP contribution in [0.5, 0.6) is 0 Å². The first-order chi connectivity index (χ1) is 13.3. The van der Waals surface area contributed by atoms with Crippen LogP contribution in [-0.4, -0.2) is 68.0 Å². The fourth-order valence-electron chi connectivity index (χ4n) is 3.38. The summed E-state index contributed by atoms with van der Waals surface area (Å²) in [5, 5.41) is 16.8. The molecule has 0 aromatic carbocycles. The average molecular weight is 379 g/mol. The molecule has 2 aliphatic rings. The zero-order valence-corrected chi connectivity index (χ0v) is 16.4. The van der Waals surface area contributed by atoms with Crippen LogP contribution in [0.25, 0.3) is 0 Å². The van der Waals surface area contributed by atoms with Gasteiger partial charge in [0, 0.05) is 19.7 Å². The normalized spacial score (nSPS) is 20.6. The second-order valence-corrected chi connectivity index (χ2v) is 7.51. The van der Waals surface area contributed by atoms with Gasteiger partial charge in [0.15, 0.2) is 5.96 Å². The van der Waals surface area contributed by atoms with Crippen LogP contribution in [0.15, 0.2) is 27.8 Å². The molecule has 27 heavy (non-hydrogen) atoms. The number of aliphatic hydroxyl groups excluding tert-OH is 1. The van der Waals surface area contributed by atoms with Gasteiger partial charge < -0.3 is 24.9 Å². The van der Waals surface area contributed by atoms with Crippen LogP contribution >= 0.6 is 0 Å². The van der Waals surface area contributed by atoms with E-state index in [9.17, 15) is 5.11 Å². The van der Waals surface area contributed by atoms with Gasteiger partial charge in [-0.25, -0.2) is 0 Å². The topological polar surface area (TPSA) is 82.3 Å². The van der Waals surface area contributed by atoms with E-state index in [1.165, 1.54) is 25.7 Å². The largest absolute Gasteiger partial charge is 0.468 e. The number of aliphatic hydroxyl groups is 1. The highest BCUT2D eigenvalue weighted by Gasteiger charge is 2.25. The molecule has 0 radical (unpaired) electrons. The maximum Gasteiger partial charge on any atom is 0.191 e. The lowest BCUT2D eigenvalue weighted by Crippen LogP contribution is -2.43. The van der Waals surface area contributed by atoms with E-state index < -0.39 is 6.10 Å². The molecular weight excluding hydrogens is 344 g/mol. The number of likely N-dealkylation sites (tertiary alicyclic amines) is 1. The fraction of sp³-hybridized carbons (Fsp3) is 0.750. The van der Waals surface area contributed by atoms with Crippen molar-refractivity contribution < 1.29 is 14.3 Å². The van der Waals surface area contributed by atoms with Crippen molar-refractivity contribution in [2.45, 2.75) is 44.8 Å². The van der Waals surface area contributed by atoms with Crippen LogP contribution in [0.3, 0.4) is 0 Å². The van der Waals surface area contributed by atoms with Gasteiger partial charge in [0.05, 0.1) is 31.6 Å². The first-order valence-electron chi connectivity index (χ1n) is 10.3. The molecule has 1 saturated carbocycles. The van der Waals surface area contributed by atoms with E-state index >= 15 is 0 Å². The molecule has 1 aromatic heterocycles. The molecule has 0 spiro atoms. The number of rotatable bonds is 11. The summed E-state index contributed by atoms with van der Waals surface area (Å²) < 4.78 is 11.2. The summed E-state index contributed by atoms with van der Waals surface area (Å²) in [5.41, 5.74) is 0. The summed E-state index contributed by atoms with van der Waals surface area (Å²) >= 11 is 0. The summed E-state index contributed by atoms with van der Waals surface area (Å²) in [7, 11) is 0. The molecule has 3 N–H and O–H groups in total. The Kier molecular flexibility index (Phi) is 7.98. The zero-order valence-electron chi connectivity index (χ0n) is 16.4. The number of ether oxygens (including phenoxy) is 1. The van der Waals surface area contributed by atoms with E-state index in [0.29, 0.717) is 25.6 Å². The van der Waals surface area contributed by atoms with Crippen molar-refractivity contribution in [2.75, 3.05) is 45.9 Å². The lowest BCUT2D eigenvalue weighted by molar-refractivity contribution is 0.0368. The highest BCUT2D eigenvalue weighted by atomic mass is 16.5. The summed E-state index contributed by atoms with van der Waals surface area (Å²) in [6.07, 6.45) is 6.15. The van der Waals surface area contributed by atoms with E-state index in [0.717, 1.165) is 38.0 Å². The van der Waals surface area contributed by atoms with Gasteiger partial charge in [0.2, 0.25) is 0 Å². The van der Waals surface area contributed by atoms with Gasteiger partial charge in [0.1, 0.15) is 5.76 Å². The van der Waals surface area contributed by atoms with E-state index in [4.69, 9.17) is 9.15 Å². The Bertz CT molecular complexity index is 554. The van der Waals surface area contributed by atoms with Crippen LogP contribution in [-0.2, 0) is 4.74 Å². The second-order valence-electron chi connectivity index (χ2n) is 7.51. The summed E-state index contributed by atoms with van der Waals surface area (Å²) in [4.78, 5) is 6.98. The molecule has 2 heterocycles. The van der Waals surface area contributed by atoms with Gasteiger partial charge in [-0.1, -0.05) is 0 Å². The summed E-state index contributed by atoms with van der Waals surface area (Å²) in [5.74, 6) is 2.41. The Balaban J connectivity index is 1.48. The lowest BCUT2D eigenvalue weighted by Gasteiger charge is -2.26. The highest BCUT2D eigenvalue weighted by molar-refractivity contribution is 5.79. The number of furan rings is 1. The van der Waals surface area contributed by atoms with Crippen molar-refractivity contribution in [1.82, 2.24) is 15.5 Å². The molecule has 0 amide bonds. The van der Waals surface area contributed by atoms with E-state index in [1.807, 2.05) is 19.1 Å². The number of hydrogen-bond donors (Lipinski definition) is 3. The van der Waals surface area contributed by atoms with E-state index in [-0.39, 0.29) is 6.04 Å². The number of nitrogens with zero attached hydrogens (tertiary/aromatic N) is 2. The Morgan fingerprint density at radius 2 is 2.19 bits per heavy atom. The quantitative estimate of drug-likeness (QED) is 0.402. The lowest BCUT2D eigenvalue weighted by atomic mass is 10.2. The monoisotopic (exact) mass is 378 g/mol. The minimum atomic E-state index is -0.571. The predicted octanol–water partition coefficient (Wildman–Crippen LogP) is 1.76. The Morgan fingerprint density at radius 1 is 1.37 bits per heavy atom. The molecule has 3 rings (SSSR count). The van der Waals surface area contributed by atoms with Gasteiger partial charge >= 0.3 is 0 Å². The minimum absolute atomic E-state index is 0.193. The molecule has 2 atom stereocenters. The SMILES string of the molecule is CCNC(=NCC(O)COCC1CC1)NCC(c1ccco1)N1CCCC1. The molecule has 2 unspecified atom stereocenters. The maximum absolute atomic E-state index is 10.1. The second kappa shape index (κ2) is 10.7. The molecule has 0 bridgehead atoms. The van der Waals surface area contributed by atoms with Crippen molar-refractivity contribution in [3.63, 3.8) is 0 Å². The fourth-order valence-corrected chi connectivity index (χ4v) is 3.38. The third kappa shape index (κ3) is 6.83. The zero-order chi connectivity index (χ0) is 18.9. The molecule has 2 fully saturated rings. The molecule has 7 heteroatoms. The van der Waals surface area contributed by atoms with Crippen molar-refractivity contribution in [2.24, 2.45) is 10.9 Å². The Morgan fingerprint density at radius 3 is 2.85 bits per heavy atom. The molecule has 7 nitrogen and oxygen atoms in total. The molecule has 152 valence electrons. The Hall–Kier alpha value is -1.57. The van der Waals surface area contributed by atoms with Crippen LogP contribution < -0.4 is 10.6 Å². The molecule has 1 aromatic rings. The summed E-state index contributed by atoms with van der Waals surface area (Å²) in [6.45, 7) is 7.16. The van der Waals surface area contributed by atoms with Gasteiger partial charge in [-0.15, -0.1) is 0 Å². The van der Waals surface area contributed by atoms with Crippen LogP contribution in [0.1, 0.15) is 44.4 Å². The molecule has 1 saturated heterocycles. The third-order valence-corrected chi connectivity index (χ3v) is 5.08. The van der Waals surface area contributed by atoms with E-state index in [2.05, 4.69) is 20.5 Å². The standard InChI is InChI=1S/C20H34N4O3/c1-2-21-20(22-12-17(25)15-26-14-16-7-8-16)23-13-18(19-6-5-11-27-19)24-9-3-4-10-24/h5-6,11,16-18,25H,2-4,7-10,12-15H2,1H3,(H2,21,22,23). The molecule has 1 aliphatic carbocycles. The first-order valence-corrected chi connectivity index (χ1v) is 10.3. The van der Waals surface area contributed by atoms with Crippen molar-refractivity contribution in [1.29, 1.82) is 0 Å². The van der Waals surface area contributed by atoms with Gasteiger partial charge in [-0.2, -0.15) is 0 Å². The maximum atomic E-state index is 10.1. The predicted molar refractivity (Wildman–Crippen MR) is 106 cm³/mol. The smallest absolute Gasteiger partial charge is 0.191 e. The van der Waals surface area contributed by atoms with Crippen LogP contribution in [0.4, 0.5) is 0 Å². The average Bonchev–Trinajstić information content (AvgIpc) is 3.13. The van der Waals surface area contributed by atoms with Gasteiger partial charge in [-0.3, -0.25) is 9.89 Å². The van der Waals surface area contributed by atoms with Crippen molar-refractivity contribution >= 4 is 5.96 Å². The van der Waals surface area contributed by atoms with Gasteiger partial charge in [0.25, 0.3) is 0 Å². The van der Waals surface area contributed by atoms with Crippen LogP contribution in [0.2, 0.25) is 0 Å². The van der Waals surface area contributed by atoms with Crippen molar-refractivity contribution in [3.05, 3.63) is 24.2 Å². The van der Waals surface area contributed by atoms with E-state index in [1.54, 1.807) is 6.26 Å². The third-order valence-electron chi connectivity index (χ3n) is 5.08. The molecular formula is C20H34N4O3. The number of hydrogen-bond acceptors (Lipinski definition) is 5. The summed E-state index contributed by atoms with van der Waals surface area (Å²) in [6, 6.07) is 4.17.